The van der Waals surface area contributed by atoms with E-state index in [0.717, 1.165) is 27.8 Å². The van der Waals surface area contributed by atoms with E-state index in [1.54, 1.807) is 0 Å². The molecular formula is C46H30N4. The van der Waals surface area contributed by atoms with Gasteiger partial charge in [-0.15, -0.1) is 0 Å². The molecule has 7 aromatic carbocycles. The molecule has 1 aliphatic rings. The second kappa shape index (κ2) is 11.2. The van der Waals surface area contributed by atoms with Gasteiger partial charge >= 0.3 is 0 Å². The van der Waals surface area contributed by atoms with E-state index in [1.807, 2.05) is 30.3 Å². The third kappa shape index (κ3) is 4.42. The highest BCUT2D eigenvalue weighted by Crippen LogP contribution is 2.50. The van der Waals surface area contributed by atoms with Gasteiger partial charge in [-0.2, -0.15) is 0 Å². The lowest BCUT2D eigenvalue weighted by Crippen LogP contribution is -2.01. The van der Waals surface area contributed by atoms with Gasteiger partial charge in [0.15, 0.2) is 17.5 Å². The molecule has 0 bridgehead atoms. The van der Waals surface area contributed by atoms with Crippen LogP contribution in [0.25, 0.3) is 94.9 Å². The van der Waals surface area contributed by atoms with Crippen LogP contribution in [-0.2, 0) is 0 Å². The molecule has 0 saturated heterocycles. The molecule has 2 aromatic heterocycles. The summed E-state index contributed by atoms with van der Waals surface area (Å²) in [4.78, 5) is 15.0. The Bertz CT molecular complexity index is 2760. The number of hydrogen-bond donors (Lipinski definition) is 0. The molecule has 50 heavy (non-hydrogen) atoms. The normalized spacial score (nSPS) is 11.7. The predicted molar refractivity (Wildman–Crippen MR) is 205 cm³/mol. The average molecular weight is 639 g/mol. The third-order valence-corrected chi connectivity index (χ3v) is 9.99. The zero-order valence-corrected chi connectivity index (χ0v) is 27.4. The summed E-state index contributed by atoms with van der Waals surface area (Å²) in [5, 5.41) is 3.63. The molecule has 2 heterocycles. The van der Waals surface area contributed by atoms with Crippen LogP contribution >= 0.6 is 0 Å². The van der Waals surface area contributed by atoms with Gasteiger partial charge in [-0.25, -0.2) is 15.0 Å². The van der Waals surface area contributed by atoms with E-state index < -0.39 is 0 Å². The van der Waals surface area contributed by atoms with Gasteiger partial charge in [0.1, 0.15) is 0 Å². The van der Waals surface area contributed by atoms with Gasteiger partial charge in [-0.05, 0) is 81.9 Å². The van der Waals surface area contributed by atoms with Gasteiger partial charge in [0.2, 0.25) is 0 Å². The molecule has 9 aromatic rings. The monoisotopic (exact) mass is 638 g/mol. The average Bonchev–Trinajstić information content (AvgIpc) is 3.42. The topological polar surface area (TPSA) is 43.6 Å². The van der Waals surface area contributed by atoms with E-state index in [-0.39, 0.29) is 0 Å². The van der Waals surface area contributed by atoms with Crippen molar-refractivity contribution in [1.82, 2.24) is 19.5 Å². The van der Waals surface area contributed by atoms with Gasteiger partial charge in [-0.3, -0.25) is 0 Å². The molecule has 0 atom stereocenters. The minimum atomic E-state index is 0.644. The largest absolute Gasteiger partial charge is 0.313 e. The van der Waals surface area contributed by atoms with Crippen LogP contribution in [0.3, 0.4) is 0 Å². The highest BCUT2D eigenvalue weighted by molar-refractivity contribution is 6.14. The fraction of sp³-hybridized carbons (Fsp3) is 0.0217. The molecule has 0 fully saturated rings. The van der Waals surface area contributed by atoms with E-state index in [4.69, 9.17) is 15.0 Å². The summed E-state index contributed by atoms with van der Waals surface area (Å²) in [7, 11) is 0. The molecule has 0 N–H and O–H groups in total. The molecular weight excluding hydrogens is 609 g/mol. The summed E-state index contributed by atoms with van der Waals surface area (Å²) in [6.45, 7) is 2.24. The number of rotatable bonds is 4. The SMILES string of the molecule is Cc1c2c3c(cccc3n1-c1ccc(-c3nc(-c4ccccc4)nc(-c4ccc5ccccc5c4)n3)cc1)-c1ccccc1-c1ccccc1-2. The summed E-state index contributed by atoms with van der Waals surface area (Å²) in [6.07, 6.45) is 0. The van der Waals surface area contributed by atoms with Crippen LogP contribution in [0, 0.1) is 6.92 Å². The van der Waals surface area contributed by atoms with Gasteiger partial charge < -0.3 is 4.57 Å². The number of benzene rings is 7. The minimum Gasteiger partial charge on any atom is -0.313 e. The molecule has 10 rings (SSSR count). The van der Waals surface area contributed by atoms with E-state index in [9.17, 15) is 0 Å². The minimum absolute atomic E-state index is 0.644. The summed E-state index contributed by atoms with van der Waals surface area (Å²) in [5.41, 5.74) is 14.0. The fourth-order valence-corrected chi connectivity index (χ4v) is 7.68. The Labute approximate surface area is 290 Å². The molecule has 0 aliphatic heterocycles. The summed E-state index contributed by atoms with van der Waals surface area (Å²) >= 11 is 0. The first-order valence-electron chi connectivity index (χ1n) is 17.0. The lowest BCUT2D eigenvalue weighted by molar-refractivity contribution is 1.05. The van der Waals surface area contributed by atoms with Crippen LogP contribution in [0.1, 0.15) is 5.69 Å². The smallest absolute Gasteiger partial charge is 0.164 e. The van der Waals surface area contributed by atoms with E-state index >= 15 is 0 Å². The highest BCUT2D eigenvalue weighted by Gasteiger charge is 2.26. The van der Waals surface area contributed by atoms with Gasteiger partial charge in [0, 0.05) is 39.0 Å². The zero-order chi connectivity index (χ0) is 33.2. The number of aromatic nitrogens is 4. The fourth-order valence-electron chi connectivity index (χ4n) is 7.68. The first-order valence-corrected chi connectivity index (χ1v) is 17.0. The van der Waals surface area contributed by atoms with Gasteiger partial charge in [0.05, 0.1) is 5.52 Å². The van der Waals surface area contributed by atoms with Crippen molar-refractivity contribution >= 4 is 21.7 Å². The maximum absolute atomic E-state index is 5.04. The molecule has 4 heteroatoms. The number of fused-ring (bicyclic) bond motifs is 6. The maximum atomic E-state index is 5.04. The van der Waals surface area contributed by atoms with Crippen molar-refractivity contribution in [2.24, 2.45) is 0 Å². The highest BCUT2D eigenvalue weighted by atomic mass is 15.0. The Kier molecular flexibility index (Phi) is 6.36. The van der Waals surface area contributed by atoms with Crippen molar-refractivity contribution < 1.29 is 0 Å². The van der Waals surface area contributed by atoms with Crippen LogP contribution in [0.2, 0.25) is 0 Å². The summed E-state index contributed by atoms with van der Waals surface area (Å²) in [6, 6.07) is 57.8. The Hall–Kier alpha value is -6.65. The zero-order valence-electron chi connectivity index (χ0n) is 27.4. The summed E-state index contributed by atoms with van der Waals surface area (Å²) < 4.78 is 2.39. The number of hydrogen-bond acceptors (Lipinski definition) is 3. The third-order valence-electron chi connectivity index (χ3n) is 9.99. The molecule has 0 unspecified atom stereocenters. The van der Waals surface area contributed by atoms with Gasteiger partial charge in [-0.1, -0.05) is 127 Å². The van der Waals surface area contributed by atoms with Crippen molar-refractivity contribution in [2.45, 2.75) is 6.92 Å². The molecule has 0 saturated carbocycles. The standard InChI is InChI=1S/C46H30N4/c1-29-42-39-19-10-9-17-37(39)36-16-7-8-18-38(36)40-20-11-21-41(43(40)42)50(29)35-26-24-32(25-27-35)45-47-44(31-13-3-2-4-14-31)48-46(49-45)34-23-22-30-12-5-6-15-33(30)28-34/h2-28H,1H3. The molecule has 4 nitrogen and oxygen atoms in total. The van der Waals surface area contributed by atoms with Crippen molar-refractivity contribution in [2.75, 3.05) is 0 Å². The predicted octanol–water partition coefficient (Wildman–Crippen LogP) is 11.6. The van der Waals surface area contributed by atoms with Crippen LogP contribution in [0.4, 0.5) is 0 Å². The second-order valence-electron chi connectivity index (χ2n) is 12.9. The van der Waals surface area contributed by atoms with Crippen LogP contribution in [0.5, 0.6) is 0 Å². The molecule has 234 valence electrons. The maximum Gasteiger partial charge on any atom is 0.164 e. The van der Waals surface area contributed by atoms with E-state index in [0.29, 0.717) is 17.5 Å². The van der Waals surface area contributed by atoms with E-state index in [1.165, 1.54) is 55.4 Å². The molecule has 1 aliphatic carbocycles. The van der Waals surface area contributed by atoms with Crippen molar-refractivity contribution in [3.63, 3.8) is 0 Å². The van der Waals surface area contributed by atoms with Crippen LogP contribution in [0.15, 0.2) is 164 Å². The Morgan fingerprint density at radius 2 is 0.920 bits per heavy atom. The van der Waals surface area contributed by atoms with E-state index in [2.05, 4.69) is 145 Å². The molecule has 0 radical (unpaired) electrons. The molecule has 0 spiro atoms. The Morgan fingerprint density at radius 3 is 1.64 bits per heavy atom. The van der Waals surface area contributed by atoms with Crippen LogP contribution in [-0.4, -0.2) is 19.5 Å². The van der Waals surface area contributed by atoms with Crippen molar-refractivity contribution in [1.29, 1.82) is 0 Å². The van der Waals surface area contributed by atoms with Crippen LogP contribution < -0.4 is 0 Å². The second-order valence-corrected chi connectivity index (χ2v) is 12.9. The van der Waals surface area contributed by atoms with Crippen molar-refractivity contribution in [3.05, 3.63) is 169 Å². The first-order chi connectivity index (χ1) is 24.7. The Balaban J connectivity index is 1.13. The number of nitrogens with zero attached hydrogens (tertiary/aromatic N) is 4. The lowest BCUT2D eigenvalue weighted by Gasteiger charge is -2.14. The lowest BCUT2D eigenvalue weighted by atomic mass is 9.94. The Morgan fingerprint density at radius 1 is 0.400 bits per heavy atom. The quantitative estimate of drug-likeness (QED) is 0.193. The first kappa shape index (κ1) is 28.4. The van der Waals surface area contributed by atoms with Crippen molar-refractivity contribution in [3.8, 4) is 73.2 Å². The molecule has 0 amide bonds. The summed E-state index contributed by atoms with van der Waals surface area (Å²) in [5.74, 6) is 1.95. The van der Waals surface area contributed by atoms with Gasteiger partial charge in [0.25, 0.3) is 0 Å².